The number of nitrogens with zero attached hydrogens (tertiary/aromatic N) is 3. The lowest BCUT2D eigenvalue weighted by Gasteiger charge is -2.10. The Morgan fingerprint density at radius 1 is 1.06 bits per heavy atom. The van der Waals surface area contributed by atoms with Crippen LogP contribution in [0.15, 0.2) is 66.7 Å². The number of fused-ring (bicyclic) bond motifs is 2. The van der Waals surface area contributed by atoms with Gasteiger partial charge in [0, 0.05) is 5.69 Å². The van der Waals surface area contributed by atoms with Crippen LogP contribution in [-0.2, 0) is 11.3 Å². The lowest BCUT2D eigenvalue weighted by atomic mass is 10.2. The second kappa shape index (κ2) is 7.73. The maximum Gasteiger partial charge on any atom is 0.337 e. The number of methoxy groups -OCH3 is 1. The van der Waals surface area contributed by atoms with Crippen molar-refractivity contribution in [1.82, 2.24) is 14.5 Å². The second-order valence-electron chi connectivity index (χ2n) is 6.96. The Morgan fingerprint density at radius 2 is 1.87 bits per heavy atom. The molecule has 0 radical (unpaired) electrons. The molecule has 0 spiro atoms. The maximum absolute atomic E-state index is 12.0. The topological polar surface area (TPSA) is 89.3 Å². The summed E-state index contributed by atoms with van der Waals surface area (Å²) < 4.78 is 7.99. The minimum Gasteiger partial charge on any atom is -0.508 e. The minimum absolute atomic E-state index is 0.191. The number of para-hydroxylation sites is 1. The van der Waals surface area contributed by atoms with Gasteiger partial charge in [-0.15, -0.1) is 11.3 Å². The fraction of sp³-hybridized carbons (Fsp3) is 0.0870. The number of thiazole rings is 1. The van der Waals surface area contributed by atoms with Crippen molar-refractivity contribution in [2.75, 3.05) is 12.4 Å². The fourth-order valence-electron chi connectivity index (χ4n) is 3.43. The van der Waals surface area contributed by atoms with Crippen LogP contribution < -0.4 is 5.32 Å². The number of ether oxygens (including phenoxy) is 1. The first kappa shape index (κ1) is 19.1. The molecule has 0 aliphatic carbocycles. The van der Waals surface area contributed by atoms with Gasteiger partial charge in [0.1, 0.15) is 10.8 Å². The van der Waals surface area contributed by atoms with Crippen molar-refractivity contribution in [3.05, 3.63) is 77.3 Å². The van der Waals surface area contributed by atoms with E-state index >= 15 is 0 Å². The zero-order chi connectivity index (χ0) is 21.4. The molecule has 5 aromatic rings. The number of anilines is 2. The fourth-order valence-corrected chi connectivity index (χ4v) is 4.38. The highest BCUT2D eigenvalue weighted by molar-refractivity contribution is 7.18. The Bertz CT molecular complexity index is 1370. The van der Waals surface area contributed by atoms with E-state index in [4.69, 9.17) is 14.7 Å². The van der Waals surface area contributed by atoms with Gasteiger partial charge in [-0.25, -0.2) is 14.8 Å². The molecular weight excluding hydrogens is 412 g/mol. The van der Waals surface area contributed by atoms with Gasteiger partial charge < -0.3 is 19.7 Å². The van der Waals surface area contributed by atoms with Crippen LogP contribution in [0.1, 0.15) is 15.4 Å². The molecule has 0 bridgehead atoms. The first-order valence-corrected chi connectivity index (χ1v) is 10.4. The van der Waals surface area contributed by atoms with Crippen LogP contribution in [0.4, 0.5) is 11.6 Å². The molecule has 0 aliphatic rings. The van der Waals surface area contributed by atoms with Gasteiger partial charge in [-0.3, -0.25) is 0 Å². The van der Waals surface area contributed by atoms with Crippen LogP contribution in [0.2, 0.25) is 0 Å². The van der Waals surface area contributed by atoms with Crippen molar-refractivity contribution in [1.29, 1.82) is 0 Å². The average Bonchev–Trinajstić information content (AvgIpc) is 3.35. The number of carbonyl (C=O) groups excluding carboxylic acids is 1. The molecule has 5 rings (SSSR count). The zero-order valence-electron chi connectivity index (χ0n) is 16.6. The molecular formula is C23H18N4O3S. The number of benzene rings is 3. The highest BCUT2D eigenvalue weighted by Crippen LogP contribution is 2.28. The van der Waals surface area contributed by atoms with Crippen molar-refractivity contribution in [3.8, 4) is 5.75 Å². The van der Waals surface area contributed by atoms with Crippen LogP contribution in [0, 0.1) is 0 Å². The van der Waals surface area contributed by atoms with Crippen LogP contribution in [-0.4, -0.2) is 32.7 Å². The van der Waals surface area contributed by atoms with E-state index in [1.807, 2.05) is 28.8 Å². The molecule has 2 N–H and O–H groups in total. The summed E-state index contributed by atoms with van der Waals surface area (Å²) in [5.41, 5.74) is 3.73. The molecule has 7 nitrogen and oxygen atoms in total. The Labute approximate surface area is 181 Å². The molecule has 0 fully saturated rings. The Kier molecular flexibility index (Phi) is 4.76. The number of hydrogen-bond acceptors (Lipinski definition) is 7. The summed E-state index contributed by atoms with van der Waals surface area (Å²) in [5.74, 6) is 0.397. The highest BCUT2D eigenvalue weighted by Gasteiger charge is 2.16. The van der Waals surface area contributed by atoms with Gasteiger partial charge in [0.05, 0.1) is 40.5 Å². The van der Waals surface area contributed by atoms with Crippen molar-refractivity contribution >= 4 is 50.2 Å². The Morgan fingerprint density at radius 3 is 2.65 bits per heavy atom. The molecule has 0 atom stereocenters. The standard InChI is InChI=1S/C23H18N4O3S/c1-30-22(29)14-6-11-19-18(12-14)26-23(24-15-7-9-16(28)10-8-15)27(19)13-21-25-17-4-2-3-5-20(17)31-21/h2-12,28H,13H2,1H3,(H,24,26). The van der Waals surface area contributed by atoms with E-state index in [-0.39, 0.29) is 5.75 Å². The van der Waals surface area contributed by atoms with Crippen LogP contribution in [0.25, 0.3) is 21.3 Å². The summed E-state index contributed by atoms with van der Waals surface area (Å²) >= 11 is 1.64. The van der Waals surface area contributed by atoms with Crippen molar-refractivity contribution < 1.29 is 14.6 Å². The predicted molar refractivity (Wildman–Crippen MR) is 121 cm³/mol. The lowest BCUT2D eigenvalue weighted by molar-refractivity contribution is 0.0601. The summed E-state index contributed by atoms with van der Waals surface area (Å²) in [6.45, 7) is 0.522. The van der Waals surface area contributed by atoms with Gasteiger partial charge in [0.15, 0.2) is 0 Å². The van der Waals surface area contributed by atoms with E-state index < -0.39 is 5.97 Å². The normalized spacial score (nSPS) is 11.1. The van der Waals surface area contributed by atoms with Gasteiger partial charge in [-0.05, 0) is 54.6 Å². The van der Waals surface area contributed by atoms with Crippen LogP contribution >= 0.6 is 11.3 Å². The van der Waals surface area contributed by atoms with Gasteiger partial charge in [0.25, 0.3) is 0 Å². The third-order valence-corrected chi connectivity index (χ3v) is 5.95. The second-order valence-corrected chi connectivity index (χ2v) is 8.08. The van der Waals surface area contributed by atoms with Gasteiger partial charge in [-0.1, -0.05) is 12.1 Å². The minimum atomic E-state index is -0.407. The molecule has 154 valence electrons. The number of carbonyl (C=O) groups is 1. The van der Waals surface area contributed by atoms with E-state index in [2.05, 4.69) is 11.4 Å². The maximum atomic E-state index is 12.0. The molecule has 0 saturated carbocycles. The number of rotatable bonds is 5. The number of aromatic nitrogens is 3. The number of phenols is 1. The first-order chi connectivity index (χ1) is 15.1. The number of imidazole rings is 1. The van der Waals surface area contributed by atoms with Crippen molar-refractivity contribution in [2.24, 2.45) is 0 Å². The Hall–Kier alpha value is -3.91. The van der Waals surface area contributed by atoms with E-state index in [0.29, 0.717) is 23.6 Å². The summed E-state index contributed by atoms with van der Waals surface area (Å²) in [5, 5.41) is 13.8. The van der Waals surface area contributed by atoms with E-state index in [1.54, 1.807) is 47.7 Å². The monoisotopic (exact) mass is 430 g/mol. The molecule has 2 heterocycles. The molecule has 0 unspecified atom stereocenters. The molecule has 2 aromatic heterocycles. The number of nitrogens with one attached hydrogen (secondary N) is 1. The molecule has 8 heteroatoms. The van der Waals surface area contributed by atoms with E-state index in [1.165, 1.54) is 7.11 Å². The summed E-state index contributed by atoms with van der Waals surface area (Å²) in [6, 6.07) is 20.1. The zero-order valence-corrected chi connectivity index (χ0v) is 17.4. The highest BCUT2D eigenvalue weighted by atomic mass is 32.1. The smallest absolute Gasteiger partial charge is 0.337 e. The molecule has 3 aromatic carbocycles. The van der Waals surface area contributed by atoms with Gasteiger partial charge in [0.2, 0.25) is 5.95 Å². The average molecular weight is 430 g/mol. The quantitative estimate of drug-likeness (QED) is 0.304. The number of phenolic OH excluding ortho intramolecular Hbond substituents is 1. The predicted octanol–water partition coefficient (Wildman–Crippen LogP) is 4.93. The van der Waals surface area contributed by atoms with Crippen molar-refractivity contribution in [3.63, 3.8) is 0 Å². The number of aromatic hydroxyl groups is 1. The molecule has 0 saturated heterocycles. The summed E-state index contributed by atoms with van der Waals surface area (Å²) in [6.07, 6.45) is 0. The van der Waals surface area contributed by atoms with E-state index in [0.717, 1.165) is 26.4 Å². The Balaban J connectivity index is 1.60. The largest absolute Gasteiger partial charge is 0.508 e. The summed E-state index contributed by atoms with van der Waals surface area (Å²) in [4.78, 5) is 21.4. The van der Waals surface area contributed by atoms with Gasteiger partial charge in [-0.2, -0.15) is 0 Å². The lowest BCUT2D eigenvalue weighted by Crippen LogP contribution is -2.05. The molecule has 0 amide bonds. The number of hydrogen-bond donors (Lipinski definition) is 2. The van der Waals surface area contributed by atoms with Crippen LogP contribution in [0.5, 0.6) is 5.75 Å². The van der Waals surface area contributed by atoms with E-state index in [9.17, 15) is 9.90 Å². The number of esters is 1. The molecule has 31 heavy (non-hydrogen) atoms. The third-order valence-electron chi connectivity index (χ3n) is 4.92. The third kappa shape index (κ3) is 3.69. The van der Waals surface area contributed by atoms with Crippen LogP contribution in [0.3, 0.4) is 0 Å². The first-order valence-electron chi connectivity index (χ1n) is 9.60. The summed E-state index contributed by atoms with van der Waals surface area (Å²) in [7, 11) is 1.36. The molecule has 0 aliphatic heterocycles. The van der Waals surface area contributed by atoms with Gasteiger partial charge >= 0.3 is 5.97 Å². The van der Waals surface area contributed by atoms with Crippen molar-refractivity contribution in [2.45, 2.75) is 6.54 Å². The SMILES string of the molecule is COC(=O)c1ccc2c(c1)nc(Nc1ccc(O)cc1)n2Cc1nc2ccccc2s1.